The lowest BCUT2D eigenvalue weighted by atomic mass is 10.2. The zero-order chi connectivity index (χ0) is 35.6. The molecule has 0 fully saturated rings. The van der Waals surface area contributed by atoms with E-state index in [2.05, 4.69) is 32.8 Å². The monoisotopic (exact) mass is 664 g/mol. The van der Waals surface area contributed by atoms with Crippen molar-refractivity contribution < 1.29 is 42.9 Å². The van der Waals surface area contributed by atoms with Crippen LogP contribution in [0, 0.1) is 0 Å². The fourth-order valence-electron chi connectivity index (χ4n) is 3.45. The second-order valence-electron chi connectivity index (χ2n) is 11.6. The molecule has 1 heterocycles. The Bertz CT molecular complexity index is 1320. The van der Waals surface area contributed by atoms with Gasteiger partial charge in [-0.15, -0.1) is 0 Å². The molecule has 16 nitrogen and oxygen atoms in total. The van der Waals surface area contributed by atoms with Crippen molar-refractivity contribution in [2.24, 2.45) is 4.99 Å². The van der Waals surface area contributed by atoms with E-state index >= 15 is 0 Å². The molecular weight excluding hydrogens is 616 g/mol. The zero-order valence-corrected chi connectivity index (χ0v) is 28.4. The summed E-state index contributed by atoms with van der Waals surface area (Å²) in [6.45, 7) is 17.2. The van der Waals surface area contributed by atoms with Crippen molar-refractivity contribution in [2.45, 2.75) is 86.0 Å². The molecule has 0 spiro atoms. The number of ether oxygens (including phenoxy) is 5. The van der Waals surface area contributed by atoms with Crippen molar-refractivity contribution in [2.75, 3.05) is 31.7 Å². The molecule has 0 radical (unpaired) electrons. The van der Waals surface area contributed by atoms with Gasteiger partial charge in [0.1, 0.15) is 30.0 Å². The molecule has 0 atom stereocenters. The fraction of sp³-hybridized carbons (Fsp3) is 0.548. The number of allylic oxidation sites excluding steroid dienone is 1. The summed E-state index contributed by atoms with van der Waals surface area (Å²) >= 11 is 0. The SMILES string of the molecule is C=CCOC(=O)Nc1cccn(CC(=O)NC(CCCN=C(NC(=O)OC(C)(C)C)NC(=O)OC(C)(C)C)=C(OCC)OCC)c1=O. The van der Waals surface area contributed by atoms with Gasteiger partial charge in [0.15, 0.2) is 0 Å². The van der Waals surface area contributed by atoms with Gasteiger partial charge >= 0.3 is 18.3 Å². The molecule has 1 rings (SSSR count). The van der Waals surface area contributed by atoms with Gasteiger partial charge in [0, 0.05) is 12.7 Å². The van der Waals surface area contributed by atoms with Crippen LogP contribution in [-0.4, -0.2) is 72.3 Å². The quantitative estimate of drug-likeness (QED) is 0.0560. The van der Waals surface area contributed by atoms with Crippen molar-refractivity contribution in [1.82, 2.24) is 20.5 Å². The number of hydrogen-bond donors (Lipinski definition) is 4. The largest absolute Gasteiger partial charge is 0.464 e. The number of nitrogens with one attached hydrogen (secondary N) is 4. The molecule has 0 saturated carbocycles. The molecule has 0 unspecified atom stereocenters. The number of aliphatic imine (C=N–C) groups is 1. The number of carbonyl (C=O) groups excluding carboxylic acids is 4. The molecule has 262 valence electrons. The highest BCUT2D eigenvalue weighted by molar-refractivity contribution is 6.01. The summed E-state index contributed by atoms with van der Waals surface area (Å²) in [5.74, 6) is -0.689. The Morgan fingerprint density at radius 3 is 1.98 bits per heavy atom. The summed E-state index contributed by atoms with van der Waals surface area (Å²) in [4.78, 5) is 66.8. The normalized spacial score (nSPS) is 10.8. The van der Waals surface area contributed by atoms with Gasteiger partial charge in [-0.25, -0.2) is 14.4 Å². The maximum Gasteiger partial charge on any atom is 0.414 e. The molecule has 0 aliphatic rings. The lowest BCUT2D eigenvalue weighted by molar-refractivity contribution is -0.121. The van der Waals surface area contributed by atoms with Crippen molar-refractivity contribution in [1.29, 1.82) is 0 Å². The van der Waals surface area contributed by atoms with Crippen molar-refractivity contribution >= 4 is 35.8 Å². The minimum absolute atomic E-state index is 0.0422. The van der Waals surface area contributed by atoms with Crippen molar-refractivity contribution in [3.63, 3.8) is 0 Å². The summed E-state index contributed by atoms with van der Waals surface area (Å²) in [6, 6.07) is 2.87. The third-order valence-electron chi connectivity index (χ3n) is 5.08. The number of anilines is 1. The number of guanidine groups is 1. The third kappa shape index (κ3) is 17.3. The predicted molar refractivity (Wildman–Crippen MR) is 175 cm³/mol. The Balaban J connectivity index is 3.12. The zero-order valence-electron chi connectivity index (χ0n) is 28.4. The minimum atomic E-state index is -0.846. The Labute approximate surface area is 274 Å². The lowest BCUT2D eigenvalue weighted by Gasteiger charge is -2.22. The molecular formula is C31H48N6O10. The van der Waals surface area contributed by atoms with Crippen molar-refractivity contribution in [3.05, 3.63) is 53.0 Å². The number of hydrogen-bond acceptors (Lipinski definition) is 11. The number of pyridine rings is 1. The third-order valence-corrected chi connectivity index (χ3v) is 5.08. The van der Waals surface area contributed by atoms with Gasteiger partial charge in [-0.3, -0.25) is 30.5 Å². The second kappa shape index (κ2) is 19.5. The summed E-state index contributed by atoms with van der Waals surface area (Å²) in [5.41, 5.74) is -2.02. The van der Waals surface area contributed by atoms with Crippen LogP contribution in [0.15, 0.2) is 52.4 Å². The van der Waals surface area contributed by atoms with E-state index in [0.29, 0.717) is 6.42 Å². The van der Waals surface area contributed by atoms with Crippen LogP contribution in [0.3, 0.4) is 0 Å². The molecule has 1 aromatic heterocycles. The van der Waals surface area contributed by atoms with E-state index in [-0.39, 0.29) is 56.1 Å². The van der Waals surface area contributed by atoms with Gasteiger partial charge in [-0.1, -0.05) is 12.7 Å². The van der Waals surface area contributed by atoms with Crippen LogP contribution in [0.1, 0.15) is 68.2 Å². The van der Waals surface area contributed by atoms with E-state index in [9.17, 15) is 24.0 Å². The van der Waals surface area contributed by atoms with Crippen LogP contribution in [-0.2, 0) is 35.0 Å². The van der Waals surface area contributed by atoms with Gasteiger partial charge < -0.3 is 33.6 Å². The van der Waals surface area contributed by atoms with Crippen molar-refractivity contribution in [3.8, 4) is 0 Å². The average molecular weight is 665 g/mol. The molecule has 0 aliphatic heterocycles. The molecule has 0 aromatic carbocycles. The van der Waals surface area contributed by atoms with Crippen LogP contribution < -0.4 is 26.8 Å². The van der Waals surface area contributed by atoms with Crippen LogP contribution in [0.25, 0.3) is 0 Å². The first kappa shape index (κ1) is 40.0. The topological polar surface area (TPSA) is 197 Å². The van der Waals surface area contributed by atoms with Crippen LogP contribution in [0.4, 0.5) is 20.1 Å². The smallest absolute Gasteiger partial charge is 0.414 e. The van der Waals surface area contributed by atoms with E-state index < -0.39 is 47.5 Å². The summed E-state index contributed by atoms with van der Waals surface area (Å²) < 4.78 is 27.7. The van der Waals surface area contributed by atoms with Crippen LogP contribution in [0.5, 0.6) is 0 Å². The number of nitrogens with zero attached hydrogens (tertiary/aromatic N) is 2. The highest BCUT2D eigenvalue weighted by Gasteiger charge is 2.22. The average Bonchev–Trinajstić information content (AvgIpc) is 2.93. The molecule has 1 aromatic rings. The van der Waals surface area contributed by atoms with E-state index in [4.69, 9.17) is 23.7 Å². The highest BCUT2D eigenvalue weighted by Crippen LogP contribution is 2.13. The molecule has 4 amide bonds. The highest BCUT2D eigenvalue weighted by atomic mass is 16.7. The lowest BCUT2D eigenvalue weighted by Crippen LogP contribution is -2.47. The van der Waals surface area contributed by atoms with E-state index in [0.717, 1.165) is 4.57 Å². The van der Waals surface area contributed by atoms with Crippen LogP contribution >= 0.6 is 0 Å². The second-order valence-corrected chi connectivity index (χ2v) is 11.6. The van der Waals surface area contributed by atoms with Crippen LogP contribution in [0.2, 0.25) is 0 Å². The minimum Gasteiger partial charge on any atom is -0.464 e. The molecule has 47 heavy (non-hydrogen) atoms. The Kier molecular flexibility index (Phi) is 16.6. The number of carbonyl (C=O) groups is 4. The standard InChI is InChI=1S/C31H48N6O10/c1-10-19-45-27(40)34-21-16-14-18-37(24(21)39)20-23(38)33-22(25(43-11-2)44-12-3)15-13-17-32-26(35-28(41)46-30(4,5)6)36-29(42)47-31(7,8)9/h10,14,16,18H,1,11-13,15,17,19-20H2,2-9H3,(H,33,38)(H,34,40)(H2,32,35,36,41,42). The Morgan fingerprint density at radius 1 is 0.894 bits per heavy atom. The Morgan fingerprint density at radius 2 is 1.47 bits per heavy atom. The first-order valence-electron chi connectivity index (χ1n) is 15.0. The molecule has 4 N–H and O–H groups in total. The maximum absolute atomic E-state index is 13.1. The van der Waals surface area contributed by atoms with Gasteiger partial charge in [-0.05, 0) is 80.4 Å². The molecule has 0 bridgehead atoms. The molecule has 0 aliphatic carbocycles. The van der Waals surface area contributed by atoms with Gasteiger partial charge in [0.25, 0.3) is 11.5 Å². The Hall–Kier alpha value is -5.02. The summed E-state index contributed by atoms with van der Waals surface area (Å²) in [6.07, 6.45) is 0.731. The van der Waals surface area contributed by atoms with E-state index in [1.54, 1.807) is 55.4 Å². The molecule has 0 saturated heterocycles. The predicted octanol–water partition coefficient (Wildman–Crippen LogP) is 4.13. The van der Waals surface area contributed by atoms with Gasteiger partial charge in [0.2, 0.25) is 11.9 Å². The van der Waals surface area contributed by atoms with E-state index in [1.807, 2.05) is 0 Å². The summed E-state index contributed by atoms with van der Waals surface area (Å²) in [7, 11) is 0. The van der Waals surface area contributed by atoms with Gasteiger partial charge in [0.05, 0.1) is 18.9 Å². The number of rotatable bonds is 14. The number of alkyl carbamates (subject to hydrolysis) is 2. The summed E-state index contributed by atoms with van der Waals surface area (Å²) in [5, 5.41) is 9.89. The number of amides is 4. The van der Waals surface area contributed by atoms with Gasteiger partial charge in [-0.2, -0.15) is 0 Å². The number of aromatic nitrogens is 1. The van der Waals surface area contributed by atoms with E-state index in [1.165, 1.54) is 24.4 Å². The molecule has 16 heteroatoms. The fourth-order valence-corrected chi connectivity index (χ4v) is 3.45. The maximum atomic E-state index is 13.1. The first-order valence-corrected chi connectivity index (χ1v) is 15.0. The first-order chi connectivity index (χ1) is 22.0.